The Morgan fingerprint density at radius 3 is 2.72 bits per heavy atom. The minimum Gasteiger partial charge on any atom is -0.348 e. The van der Waals surface area contributed by atoms with Gasteiger partial charge in [-0.05, 0) is 36.8 Å². The molecular weight excluding hydrogens is 378 g/mol. The number of anilines is 1. The summed E-state index contributed by atoms with van der Waals surface area (Å²) < 4.78 is 2.97. The second-order valence-electron chi connectivity index (χ2n) is 5.76. The van der Waals surface area contributed by atoms with E-state index in [1.165, 1.54) is 5.56 Å². The average molecular weight is 394 g/mol. The van der Waals surface area contributed by atoms with E-state index in [-0.39, 0.29) is 6.04 Å². The predicted octanol–water partition coefficient (Wildman–Crippen LogP) is 4.75. The topological polar surface area (TPSA) is 55.6 Å². The van der Waals surface area contributed by atoms with Gasteiger partial charge in [-0.1, -0.05) is 46.3 Å². The van der Waals surface area contributed by atoms with Gasteiger partial charge < -0.3 is 5.32 Å². The normalized spacial score (nSPS) is 12.2. The molecule has 4 aromatic rings. The molecule has 0 saturated carbocycles. The molecule has 5 nitrogen and oxygen atoms in total. The Labute approximate surface area is 153 Å². The Morgan fingerprint density at radius 2 is 1.88 bits per heavy atom. The molecule has 1 unspecified atom stereocenters. The maximum atomic E-state index is 4.64. The van der Waals surface area contributed by atoms with Crippen LogP contribution in [0, 0.1) is 0 Å². The fourth-order valence-corrected chi connectivity index (χ4v) is 3.09. The molecular formula is C19H16BrN5. The molecule has 1 N–H and O–H groups in total. The zero-order valence-corrected chi connectivity index (χ0v) is 15.2. The molecule has 0 bridgehead atoms. The van der Waals surface area contributed by atoms with E-state index in [1.807, 2.05) is 47.0 Å². The van der Waals surface area contributed by atoms with E-state index < -0.39 is 0 Å². The number of halogens is 1. The summed E-state index contributed by atoms with van der Waals surface area (Å²) in [5, 5.41) is 3.35. The SMILES string of the molecule is CC(Nc1nccc(-n2cnc3cc(Br)ccc32)n1)c1ccccc1. The van der Waals surface area contributed by atoms with Crippen LogP contribution in [-0.2, 0) is 0 Å². The number of nitrogens with zero attached hydrogens (tertiary/aromatic N) is 4. The molecule has 0 amide bonds. The van der Waals surface area contributed by atoms with Crippen LogP contribution in [0.3, 0.4) is 0 Å². The highest BCUT2D eigenvalue weighted by atomic mass is 79.9. The van der Waals surface area contributed by atoms with E-state index >= 15 is 0 Å². The van der Waals surface area contributed by atoms with E-state index in [2.05, 4.69) is 55.3 Å². The average Bonchev–Trinajstić information content (AvgIpc) is 3.05. The van der Waals surface area contributed by atoms with Crippen molar-refractivity contribution in [3.05, 3.63) is 77.2 Å². The Morgan fingerprint density at radius 1 is 1.04 bits per heavy atom. The van der Waals surface area contributed by atoms with Crippen molar-refractivity contribution >= 4 is 32.9 Å². The molecule has 0 saturated heterocycles. The highest BCUT2D eigenvalue weighted by Gasteiger charge is 2.10. The van der Waals surface area contributed by atoms with Crippen LogP contribution in [0.25, 0.3) is 16.9 Å². The fraction of sp³-hybridized carbons (Fsp3) is 0.105. The van der Waals surface area contributed by atoms with Gasteiger partial charge in [-0.3, -0.25) is 4.57 Å². The quantitative estimate of drug-likeness (QED) is 0.543. The van der Waals surface area contributed by atoms with Crippen molar-refractivity contribution in [1.29, 1.82) is 0 Å². The Balaban J connectivity index is 1.65. The maximum Gasteiger partial charge on any atom is 0.225 e. The minimum absolute atomic E-state index is 0.118. The smallest absolute Gasteiger partial charge is 0.225 e. The Hall–Kier alpha value is -2.73. The van der Waals surface area contributed by atoms with Gasteiger partial charge in [0.1, 0.15) is 12.1 Å². The van der Waals surface area contributed by atoms with E-state index in [1.54, 1.807) is 12.5 Å². The van der Waals surface area contributed by atoms with E-state index in [9.17, 15) is 0 Å². The van der Waals surface area contributed by atoms with Crippen LogP contribution in [0.15, 0.2) is 71.6 Å². The summed E-state index contributed by atoms with van der Waals surface area (Å²) in [6, 6.07) is 18.2. The van der Waals surface area contributed by atoms with Gasteiger partial charge in [0.2, 0.25) is 5.95 Å². The van der Waals surface area contributed by atoms with Gasteiger partial charge in [0.15, 0.2) is 0 Å². The standard InChI is InChI=1S/C19H16BrN5/c1-13(14-5-3-2-4-6-14)23-19-21-10-9-18(24-19)25-12-22-16-11-15(20)7-8-17(16)25/h2-13H,1H3,(H,21,23,24). The summed E-state index contributed by atoms with van der Waals surface area (Å²) in [7, 11) is 0. The van der Waals surface area contributed by atoms with Crippen LogP contribution >= 0.6 is 15.9 Å². The first-order chi connectivity index (χ1) is 12.2. The van der Waals surface area contributed by atoms with Crippen molar-refractivity contribution in [2.24, 2.45) is 0 Å². The van der Waals surface area contributed by atoms with Gasteiger partial charge in [0, 0.05) is 10.7 Å². The fourth-order valence-electron chi connectivity index (χ4n) is 2.74. The number of hydrogen-bond donors (Lipinski definition) is 1. The molecule has 2 heterocycles. The van der Waals surface area contributed by atoms with Gasteiger partial charge in [-0.2, -0.15) is 4.98 Å². The van der Waals surface area contributed by atoms with Crippen LogP contribution in [0.4, 0.5) is 5.95 Å². The molecule has 6 heteroatoms. The third-order valence-corrected chi connectivity index (χ3v) is 4.54. The lowest BCUT2D eigenvalue weighted by atomic mass is 10.1. The number of imidazole rings is 1. The van der Waals surface area contributed by atoms with Crippen LogP contribution < -0.4 is 5.32 Å². The minimum atomic E-state index is 0.118. The third-order valence-electron chi connectivity index (χ3n) is 4.04. The van der Waals surface area contributed by atoms with Crippen LogP contribution in [-0.4, -0.2) is 19.5 Å². The zero-order valence-electron chi connectivity index (χ0n) is 13.6. The van der Waals surface area contributed by atoms with Gasteiger partial charge in [-0.25, -0.2) is 9.97 Å². The zero-order chi connectivity index (χ0) is 17.2. The molecule has 124 valence electrons. The lowest BCUT2D eigenvalue weighted by molar-refractivity contribution is 0.854. The number of hydrogen-bond acceptors (Lipinski definition) is 4. The van der Waals surface area contributed by atoms with Crippen molar-refractivity contribution in [2.45, 2.75) is 13.0 Å². The van der Waals surface area contributed by atoms with Crippen LogP contribution in [0.5, 0.6) is 0 Å². The molecule has 0 radical (unpaired) electrons. The van der Waals surface area contributed by atoms with Crippen molar-refractivity contribution in [2.75, 3.05) is 5.32 Å². The van der Waals surface area contributed by atoms with Gasteiger partial charge in [-0.15, -0.1) is 0 Å². The molecule has 0 aliphatic carbocycles. The highest BCUT2D eigenvalue weighted by Crippen LogP contribution is 2.22. The lowest BCUT2D eigenvalue weighted by Gasteiger charge is -2.14. The predicted molar refractivity (Wildman–Crippen MR) is 103 cm³/mol. The van der Waals surface area contributed by atoms with Crippen molar-refractivity contribution in [3.63, 3.8) is 0 Å². The number of nitrogens with one attached hydrogen (secondary N) is 1. The molecule has 0 aliphatic rings. The van der Waals surface area contributed by atoms with E-state index in [4.69, 9.17) is 0 Å². The number of rotatable bonds is 4. The number of aromatic nitrogens is 4. The summed E-state index contributed by atoms with van der Waals surface area (Å²) in [6.45, 7) is 2.09. The van der Waals surface area contributed by atoms with Crippen molar-refractivity contribution < 1.29 is 0 Å². The van der Waals surface area contributed by atoms with Crippen LogP contribution in [0.2, 0.25) is 0 Å². The van der Waals surface area contributed by atoms with Gasteiger partial charge in [0.05, 0.1) is 17.1 Å². The van der Waals surface area contributed by atoms with Gasteiger partial charge >= 0.3 is 0 Å². The Kier molecular flexibility index (Phi) is 4.19. The first-order valence-corrected chi connectivity index (χ1v) is 8.77. The second-order valence-corrected chi connectivity index (χ2v) is 6.68. The number of benzene rings is 2. The van der Waals surface area contributed by atoms with E-state index in [0.717, 1.165) is 21.3 Å². The highest BCUT2D eigenvalue weighted by molar-refractivity contribution is 9.10. The molecule has 4 rings (SSSR count). The molecule has 2 aromatic carbocycles. The summed E-state index contributed by atoms with van der Waals surface area (Å²) in [5.41, 5.74) is 3.11. The lowest BCUT2D eigenvalue weighted by Crippen LogP contribution is -2.10. The molecule has 25 heavy (non-hydrogen) atoms. The third kappa shape index (κ3) is 3.25. The largest absolute Gasteiger partial charge is 0.348 e. The first kappa shape index (κ1) is 15.8. The van der Waals surface area contributed by atoms with Crippen molar-refractivity contribution in [1.82, 2.24) is 19.5 Å². The summed E-state index contributed by atoms with van der Waals surface area (Å²) in [5.74, 6) is 1.37. The maximum absolute atomic E-state index is 4.64. The Bertz CT molecular complexity index is 1010. The summed E-state index contributed by atoms with van der Waals surface area (Å²) in [4.78, 5) is 13.4. The monoisotopic (exact) mass is 393 g/mol. The summed E-state index contributed by atoms with van der Waals surface area (Å²) >= 11 is 3.47. The molecule has 0 fully saturated rings. The molecule has 0 aliphatic heterocycles. The molecule has 2 aromatic heterocycles. The summed E-state index contributed by atoms with van der Waals surface area (Å²) in [6.07, 6.45) is 3.54. The van der Waals surface area contributed by atoms with E-state index in [0.29, 0.717) is 5.95 Å². The number of fused-ring (bicyclic) bond motifs is 1. The van der Waals surface area contributed by atoms with Crippen LogP contribution in [0.1, 0.15) is 18.5 Å². The molecule has 1 atom stereocenters. The van der Waals surface area contributed by atoms with Crippen molar-refractivity contribution in [3.8, 4) is 5.82 Å². The second kappa shape index (κ2) is 6.64. The van der Waals surface area contributed by atoms with Gasteiger partial charge in [0.25, 0.3) is 0 Å². The molecule has 0 spiro atoms. The first-order valence-electron chi connectivity index (χ1n) is 7.98.